The van der Waals surface area contributed by atoms with E-state index in [1.807, 2.05) is 0 Å². The van der Waals surface area contributed by atoms with Crippen LogP contribution in [0.1, 0.15) is 17.2 Å². The minimum Gasteiger partial charge on any atom is -0.387 e. The molecular weight excluding hydrogens is 275 g/mol. The van der Waals surface area contributed by atoms with Crippen LogP contribution >= 0.6 is 15.9 Å². The van der Waals surface area contributed by atoms with Crippen LogP contribution in [0.25, 0.3) is 0 Å². The lowest BCUT2D eigenvalue weighted by Crippen LogP contribution is -2.17. The van der Waals surface area contributed by atoms with E-state index in [4.69, 9.17) is 5.73 Å². The Balaban J connectivity index is 3.27. The number of aliphatic hydroxyl groups is 1. The summed E-state index contributed by atoms with van der Waals surface area (Å²) in [7, 11) is 0. The molecule has 0 aliphatic heterocycles. The lowest BCUT2D eigenvalue weighted by Gasteiger charge is -2.16. The highest BCUT2D eigenvalue weighted by atomic mass is 79.9. The zero-order valence-corrected chi connectivity index (χ0v) is 9.14. The number of nitrogens with two attached hydrogens (primary N) is 1. The second-order valence-corrected chi connectivity index (χ2v) is 3.90. The fourth-order valence-electron chi connectivity index (χ4n) is 1.19. The minimum absolute atomic E-state index is 0.201. The minimum atomic E-state index is -4.49. The number of halogens is 4. The van der Waals surface area contributed by atoms with Gasteiger partial charge in [0.05, 0.1) is 11.7 Å². The van der Waals surface area contributed by atoms with Gasteiger partial charge in [0.1, 0.15) is 0 Å². The van der Waals surface area contributed by atoms with Gasteiger partial charge in [-0.15, -0.1) is 0 Å². The van der Waals surface area contributed by atoms with Gasteiger partial charge in [-0.25, -0.2) is 0 Å². The van der Waals surface area contributed by atoms with Gasteiger partial charge < -0.3 is 10.8 Å². The second kappa shape index (κ2) is 4.51. The van der Waals surface area contributed by atoms with Crippen LogP contribution in [0, 0.1) is 0 Å². The maximum atomic E-state index is 12.6. The van der Waals surface area contributed by atoms with Gasteiger partial charge in [0.2, 0.25) is 0 Å². The molecule has 15 heavy (non-hydrogen) atoms. The predicted octanol–water partition coefficient (Wildman–Crippen LogP) is 2.46. The maximum absolute atomic E-state index is 12.6. The molecule has 0 spiro atoms. The summed E-state index contributed by atoms with van der Waals surface area (Å²) in [5.41, 5.74) is 4.06. The Labute approximate surface area is 93.0 Å². The highest BCUT2D eigenvalue weighted by molar-refractivity contribution is 9.10. The van der Waals surface area contributed by atoms with Gasteiger partial charge >= 0.3 is 6.18 Å². The van der Waals surface area contributed by atoms with Crippen molar-refractivity contribution in [1.82, 2.24) is 0 Å². The van der Waals surface area contributed by atoms with Gasteiger partial charge in [0, 0.05) is 11.0 Å². The van der Waals surface area contributed by atoms with Crippen LogP contribution in [0.5, 0.6) is 0 Å². The monoisotopic (exact) mass is 283 g/mol. The molecule has 1 aromatic carbocycles. The summed E-state index contributed by atoms with van der Waals surface area (Å²) >= 11 is 2.95. The van der Waals surface area contributed by atoms with Crippen molar-refractivity contribution < 1.29 is 18.3 Å². The van der Waals surface area contributed by atoms with Gasteiger partial charge in [0.25, 0.3) is 0 Å². The highest BCUT2D eigenvalue weighted by Gasteiger charge is 2.34. The summed E-state index contributed by atoms with van der Waals surface area (Å²) in [6.07, 6.45) is -5.79. The number of rotatable bonds is 2. The van der Waals surface area contributed by atoms with Crippen LogP contribution in [-0.4, -0.2) is 11.7 Å². The standard InChI is InChI=1S/C9H9BrF3NO/c10-5-1-2-6(8(15)4-14)7(3-5)9(11,12)13/h1-3,8,15H,4,14H2/t8-/m0/s1. The van der Waals surface area contributed by atoms with Crippen molar-refractivity contribution in [3.63, 3.8) is 0 Å². The summed E-state index contributed by atoms with van der Waals surface area (Å²) in [4.78, 5) is 0. The Morgan fingerprint density at radius 1 is 1.40 bits per heavy atom. The third kappa shape index (κ3) is 2.93. The zero-order valence-electron chi connectivity index (χ0n) is 7.55. The third-order valence-corrected chi connectivity index (χ3v) is 2.40. The van der Waals surface area contributed by atoms with Crippen LogP contribution in [0.2, 0.25) is 0 Å². The van der Waals surface area contributed by atoms with E-state index in [0.29, 0.717) is 4.47 Å². The molecule has 3 N–H and O–H groups in total. The average Bonchev–Trinajstić information content (AvgIpc) is 2.15. The summed E-state index contributed by atoms with van der Waals surface area (Å²) in [5.74, 6) is 0. The fraction of sp³-hybridized carbons (Fsp3) is 0.333. The first-order chi connectivity index (χ1) is 6.86. The number of aliphatic hydroxyl groups excluding tert-OH is 1. The molecule has 1 rings (SSSR count). The normalized spacial score (nSPS) is 14.0. The first-order valence-corrected chi connectivity index (χ1v) is 4.90. The predicted molar refractivity (Wildman–Crippen MR) is 53.2 cm³/mol. The van der Waals surface area contributed by atoms with E-state index in [1.54, 1.807) is 0 Å². The molecule has 1 aromatic rings. The lowest BCUT2D eigenvalue weighted by atomic mass is 10.0. The van der Waals surface area contributed by atoms with Gasteiger partial charge in [-0.1, -0.05) is 22.0 Å². The Bertz CT molecular complexity index is 354. The number of hydrogen-bond donors (Lipinski definition) is 2. The molecule has 0 radical (unpaired) electrons. The molecule has 6 heteroatoms. The zero-order chi connectivity index (χ0) is 11.6. The van der Waals surface area contributed by atoms with Crippen molar-refractivity contribution in [2.45, 2.75) is 12.3 Å². The summed E-state index contributed by atoms with van der Waals surface area (Å²) in [6.45, 7) is -0.245. The van der Waals surface area contributed by atoms with E-state index in [9.17, 15) is 18.3 Å². The molecule has 0 saturated heterocycles. The van der Waals surface area contributed by atoms with Gasteiger partial charge in [-0.3, -0.25) is 0 Å². The molecule has 0 aliphatic carbocycles. The van der Waals surface area contributed by atoms with Crippen molar-refractivity contribution in [3.8, 4) is 0 Å². The molecule has 84 valence electrons. The van der Waals surface area contributed by atoms with Gasteiger partial charge in [-0.2, -0.15) is 13.2 Å². The van der Waals surface area contributed by atoms with E-state index < -0.39 is 17.8 Å². The second-order valence-electron chi connectivity index (χ2n) is 2.98. The maximum Gasteiger partial charge on any atom is 0.416 e. The van der Waals surface area contributed by atoms with Gasteiger partial charge in [-0.05, 0) is 17.7 Å². The molecule has 1 atom stereocenters. The van der Waals surface area contributed by atoms with Crippen LogP contribution in [-0.2, 0) is 6.18 Å². The van der Waals surface area contributed by atoms with Crippen molar-refractivity contribution in [2.24, 2.45) is 5.73 Å². The highest BCUT2D eigenvalue weighted by Crippen LogP contribution is 2.36. The Hall–Kier alpha value is -0.590. The number of hydrogen-bond acceptors (Lipinski definition) is 2. The van der Waals surface area contributed by atoms with Gasteiger partial charge in [0.15, 0.2) is 0 Å². The van der Waals surface area contributed by atoms with Crippen LogP contribution in [0.15, 0.2) is 22.7 Å². The first kappa shape index (κ1) is 12.5. The fourth-order valence-corrected chi connectivity index (χ4v) is 1.55. The quantitative estimate of drug-likeness (QED) is 0.876. The average molecular weight is 284 g/mol. The van der Waals surface area contributed by atoms with Crippen LogP contribution < -0.4 is 5.73 Å². The summed E-state index contributed by atoms with van der Waals surface area (Å²) in [5, 5.41) is 9.32. The Morgan fingerprint density at radius 3 is 2.47 bits per heavy atom. The SMILES string of the molecule is NC[C@H](O)c1ccc(Br)cc1C(F)(F)F. The number of benzene rings is 1. The molecule has 0 aliphatic rings. The van der Waals surface area contributed by atoms with E-state index in [-0.39, 0.29) is 12.1 Å². The van der Waals surface area contributed by atoms with Crippen molar-refractivity contribution in [1.29, 1.82) is 0 Å². The van der Waals surface area contributed by atoms with Crippen LogP contribution in [0.4, 0.5) is 13.2 Å². The smallest absolute Gasteiger partial charge is 0.387 e. The molecule has 0 heterocycles. The molecular formula is C9H9BrF3NO. The molecule has 2 nitrogen and oxygen atoms in total. The molecule has 0 saturated carbocycles. The van der Waals surface area contributed by atoms with E-state index in [1.165, 1.54) is 12.1 Å². The van der Waals surface area contributed by atoms with Crippen molar-refractivity contribution in [2.75, 3.05) is 6.54 Å². The third-order valence-electron chi connectivity index (χ3n) is 1.90. The van der Waals surface area contributed by atoms with E-state index >= 15 is 0 Å². The van der Waals surface area contributed by atoms with Crippen molar-refractivity contribution >= 4 is 15.9 Å². The van der Waals surface area contributed by atoms with Crippen LogP contribution in [0.3, 0.4) is 0 Å². The molecule has 0 fully saturated rings. The molecule has 0 unspecified atom stereocenters. The Morgan fingerprint density at radius 2 is 2.00 bits per heavy atom. The van der Waals surface area contributed by atoms with E-state index in [0.717, 1.165) is 6.07 Å². The molecule has 0 aromatic heterocycles. The summed E-state index contributed by atoms with van der Waals surface area (Å²) in [6, 6.07) is 3.57. The first-order valence-electron chi connectivity index (χ1n) is 4.11. The Kier molecular flexibility index (Phi) is 3.75. The van der Waals surface area contributed by atoms with E-state index in [2.05, 4.69) is 15.9 Å². The van der Waals surface area contributed by atoms with Crippen molar-refractivity contribution in [3.05, 3.63) is 33.8 Å². The largest absolute Gasteiger partial charge is 0.416 e. The molecule has 0 amide bonds. The molecule has 0 bridgehead atoms. The number of alkyl halides is 3. The lowest BCUT2D eigenvalue weighted by molar-refractivity contribution is -0.139. The topological polar surface area (TPSA) is 46.2 Å². The summed E-state index contributed by atoms with van der Waals surface area (Å²) < 4.78 is 38.0.